The van der Waals surface area contributed by atoms with Crippen molar-refractivity contribution in [2.75, 3.05) is 26.2 Å². The number of aromatic amines is 1. The van der Waals surface area contributed by atoms with E-state index in [1.165, 1.54) is 5.56 Å². The molecule has 1 N–H and O–H groups in total. The first-order chi connectivity index (χ1) is 13.1. The summed E-state index contributed by atoms with van der Waals surface area (Å²) in [6.07, 6.45) is 0. The molecular formula is C20H23N5O2. The second kappa shape index (κ2) is 7.36. The Balaban J connectivity index is 1.36. The topological polar surface area (TPSA) is 78.3 Å². The third kappa shape index (κ3) is 3.93. The molecule has 27 heavy (non-hydrogen) atoms. The van der Waals surface area contributed by atoms with Crippen LogP contribution in [-0.4, -0.2) is 57.2 Å². The van der Waals surface area contributed by atoms with E-state index >= 15 is 0 Å². The van der Waals surface area contributed by atoms with Gasteiger partial charge in [-0.2, -0.15) is 5.10 Å². The highest BCUT2D eigenvalue weighted by Crippen LogP contribution is 2.19. The van der Waals surface area contributed by atoms with E-state index in [0.717, 1.165) is 42.3 Å². The molecule has 7 nitrogen and oxygen atoms in total. The number of piperazine rings is 1. The number of H-pyrrole nitrogens is 1. The van der Waals surface area contributed by atoms with Crippen LogP contribution in [0, 0.1) is 13.8 Å². The maximum absolute atomic E-state index is 12.8. The number of aromatic nitrogens is 3. The summed E-state index contributed by atoms with van der Waals surface area (Å²) in [6.45, 7) is 7.68. The fourth-order valence-electron chi connectivity index (χ4n) is 3.29. The molecule has 1 aliphatic heterocycles. The van der Waals surface area contributed by atoms with Crippen LogP contribution in [0.5, 0.6) is 0 Å². The molecule has 0 saturated carbocycles. The largest absolute Gasteiger partial charge is 0.360 e. The fourth-order valence-corrected chi connectivity index (χ4v) is 3.29. The Morgan fingerprint density at radius 1 is 1.11 bits per heavy atom. The molecule has 1 aliphatic rings. The Kier molecular flexibility index (Phi) is 4.77. The highest BCUT2D eigenvalue weighted by molar-refractivity contribution is 5.93. The number of aryl methyl sites for hydroxylation is 2. The number of rotatable bonds is 4. The van der Waals surface area contributed by atoms with Gasteiger partial charge in [0.2, 0.25) is 0 Å². The lowest BCUT2D eigenvalue weighted by atomic mass is 10.1. The second-order valence-electron chi connectivity index (χ2n) is 7.04. The van der Waals surface area contributed by atoms with Gasteiger partial charge in [0.25, 0.3) is 5.91 Å². The first-order valence-corrected chi connectivity index (χ1v) is 9.15. The van der Waals surface area contributed by atoms with Crippen LogP contribution in [0.15, 0.2) is 40.9 Å². The van der Waals surface area contributed by atoms with Crippen molar-refractivity contribution in [1.82, 2.24) is 25.2 Å². The maximum atomic E-state index is 12.8. The maximum Gasteiger partial charge on any atom is 0.271 e. The molecule has 140 valence electrons. The Hall–Kier alpha value is -2.93. The Bertz CT molecular complexity index is 920. The van der Waals surface area contributed by atoms with E-state index < -0.39 is 0 Å². The molecule has 1 saturated heterocycles. The van der Waals surface area contributed by atoms with Crippen LogP contribution >= 0.6 is 0 Å². The molecular weight excluding hydrogens is 342 g/mol. The molecule has 0 unspecified atom stereocenters. The van der Waals surface area contributed by atoms with Gasteiger partial charge in [-0.15, -0.1) is 0 Å². The van der Waals surface area contributed by atoms with Crippen molar-refractivity contribution in [2.45, 2.75) is 20.4 Å². The number of carbonyl (C=O) groups excluding carboxylic acids is 1. The van der Waals surface area contributed by atoms with Crippen LogP contribution in [-0.2, 0) is 6.54 Å². The standard InChI is InChI=1S/C20H23N5O2/c1-14-3-5-16(6-4-14)18-12-19(22-21-18)20(26)25-9-7-24(8-10-25)13-17-11-15(2)23-27-17/h3-6,11-12H,7-10,13H2,1-2H3,(H,21,22). The van der Waals surface area contributed by atoms with Crippen LogP contribution in [0.25, 0.3) is 11.3 Å². The highest BCUT2D eigenvalue weighted by atomic mass is 16.5. The summed E-state index contributed by atoms with van der Waals surface area (Å²) in [4.78, 5) is 16.9. The Labute approximate surface area is 158 Å². The van der Waals surface area contributed by atoms with Gasteiger partial charge in [-0.25, -0.2) is 0 Å². The Morgan fingerprint density at radius 3 is 2.52 bits per heavy atom. The highest BCUT2D eigenvalue weighted by Gasteiger charge is 2.24. The van der Waals surface area contributed by atoms with Crippen LogP contribution in [0.2, 0.25) is 0 Å². The van der Waals surface area contributed by atoms with Crippen LogP contribution < -0.4 is 0 Å². The van der Waals surface area contributed by atoms with E-state index in [2.05, 4.69) is 20.3 Å². The quantitative estimate of drug-likeness (QED) is 0.769. The Morgan fingerprint density at radius 2 is 1.85 bits per heavy atom. The fraction of sp³-hybridized carbons (Fsp3) is 0.350. The third-order valence-electron chi connectivity index (χ3n) is 4.87. The van der Waals surface area contributed by atoms with Crippen molar-refractivity contribution in [1.29, 1.82) is 0 Å². The molecule has 3 aromatic rings. The number of benzene rings is 1. The van der Waals surface area contributed by atoms with Crippen molar-refractivity contribution in [3.63, 3.8) is 0 Å². The zero-order valence-electron chi connectivity index (χ0n) is 15.6. The van der Waals surface area contributed by atoms with Gasteiger partial charge < -0.3 is 9.42 Å². The molecule has 0 spiro atoms. The van der Waals surface area contributed by atoms with Gasteiger partial charge in [-0.3, -0.25) is 14.8 Å². The van der Waals surface area contributed by atoms with Crippen molar-refractivity contribution in [3.05, 3.63) is 59.1 Å². The minimum atomic E-state index is -0.00368. The molecule has 7 heteroatoms. The molecule has 4 rings (SSSR count). The van der Waals surface area contributed by atoms with E-state index in [0.29, 0.717) is 18.8 Å². The van der Waals surface area contributed by atoms with Gasteiger partial charge in [0.15, 0.2) is 5.76 Å². The van der Waals surface area contributed by atoms with Gasteiger partial charge in [0.1, 0.15) is 5.69 Å². The molecule has 2 aromatic heterocycles. The zero-order chi connectivity index (χ0) is 18.8. The van der Waals surface area contributed by atoms with E-state index in [1.54, 1.807) is 0 Å². The number of carbonyl (C=O) groups is 1. The lowest BCUT2D eigenvalue weighted by molar-refractivity contribution is 0.0611. The van der Waals surface area contributed by atoms with Gasteiger partial charge in [0, 0.05) is 37.8 Å². The van der Waals surface area contributed by atoms with E-state index in [-0.39, 0.29) is 5.91 Å². The van der Waals surface area contributed by atoms with Gasteiger partial charge in [-0.1, -0.05) is 35.0 Å². The molecule has 0 atom stereocenters. The predicted molar refractivity (Wildman–Crippen MR) is 101 cm³/mol. The first-order valence-electron chi connectivity index (χ1n) is 9.15. The lowest BCUT2D eigenvalue weighted by Crippen LogP contribution is -2.48. The van der Waals surface area contributed by atoms with Crippen LogP contribution in [0.1, 0.15) is 27.5 Å². The van der Waals surface area contributed by atoms with Crippen molar-refractivity contribution < 1.29 is 9.32 Å². The SMILES string of the molecule is Cc1ccc(-c2cc(C(=O)N3CCN(Cc4cc(C)no4)CC3)[nH]n2)cc1. The van der Waals surface area contributed by atoms with Crippen LogP contribution in [0.4, 0.5) is 0 Å². The molecule has 1 aromatic carbocycles. The number of hydrogen-bond donors (Lipinski definition) is 1. The van der Waals surface area contributed by atoms with Crippen molar-refractivity contribution in [3.8, 4) is 11.3 Å². The van der Waals surface area contributed by atoms with Gasteiger partial charge in [-0.05, 0) is 19.9 Å². The summed E-state index contributed by atoms with van der Waals surface area (Å²) in [5, 5.41) is 11.1. The van der Waals surface area contributed by atoms with Crippen molar-refractivity contribution in [2.24, 2.45) is 0 Å². The number of hydrogen-bond acceptors (Lipinski definition) is 5. The van der Waals surface area contributed by atoms with E-state index in [1.807, 2.05) is 55.1 Å². The summed E-state index contributed by atoms with van der Waals surface area (Å²) in [5.41, 5.74) is 4.41. The summed E-state index contributed by atoms with van der Waals surface area (Å²) in [7, 11) is 0. The lowest BCUT2D eigenvalue weighted by Gasteiger charge is -2.33. The van der Waals surface area contributed by atoms with Crippen molar-refractivity contribution >= 4 is 5.91 Å². The minimum absolute atomic E-state index is 0.00368. The normalized spacial score (nSPS) is 15.3. The van der Waals surface area contributed by atoms with Crippen LogP contribution in [0.3, 0.4) is 0 Å². The van der Waals surface area contributed by atoms with Gasteiger partial charge >= 0.3 is 0 Å². The summed E-state index contributed by atoms with van der Waals surface area (Å²) >= 11 is 0. The summed E-state index contributed by atoms with van der Waals surface area (Å²) < 4.78 is 5.28. The number of nitrogens with one attached hydrogen (secondary N) is 1. The molecule has 1 fully saturated rings. The average molecular weight is 365 g/mol. The molecule has 0 aliphatic carbocycles. The molecule has 0 radical (unpaired) electrons. The minimum Gasteiger partial charge on any atom is -0.360 e. The first kappa shape index (κ1) is 17.5. The van der Waals surface area contributed by atoms with E-state index in [9.17, 15) is 4.79 Å². The summed E-state index contributed by atoms with van der Waals surface area (Å²) in [5.74, 6) is 0.861. The number of nitrogens with zero attached hydrogens (tertiary/aromatic N) is 4. The molecule has 3 heterocycles. The number of amides is 1. The zero-order valence-corrected chi connectivity index (χ0v) is 15.6. The predicted octanol–water partition coefficient (Wildman–Crippen LogP) is 2.64. The summed E-state index contributed by atoms with van der Waals surface area (Å²) in [6, 6.07) is 11.9. The molecule has 1 amide bonds. The smallest absolute Gasteiger partial charge is 0.271 e. The second-order valence-corrected chi connectivity index (χ2v) is 7.04. The van der Waals surface area contributed by atoms with E-state index in [4.69, 9.17) is 4.52 Å². The van der Waals surface area contributed by atoms with Gasteiger partial charge in [0.05, 0.1) is 17.9 Å². The monoisotopic (exact) mass is 365 g/mol. The average Bonchev–Trinajstić information content (AvgIpc) is 3.32. The third-order valence-corrected chi connectivity index (χ3v) is 4.87. The molecule has 0 bridgehead atoms.